The molecule has 0 heterocycles. The molecule has 1 unspecified atom stereocenters. The van der Waals surface area contributed by atoms with Gasteiger partial charge in [0.05, 0.1) is 35.8 Å². The molecular weight excluding hydrogens is 634 g/mol. The van der Waals surface area contributed by atoms with Crippen LogP contribution in [0.25, 0.3) is 11.1 Å². The number of alkyl carbamates (subject to hydrolysis) is 1. The number of carbonyl (C=O) groups excluding carboxylic acids is 1. The van der Waals surface area contributed by atoms with E-state index in [9.17, 15) is 9.90 Å². The van der Waals surface area contributed by atoms with E-state index in [4.69, 9.17) is 14.2 Å². The van der Waals surface area contributed by atoms with Gasteiger partial charge in [-0.3, -0.25) is 0 Å². The lowest BCUT2D eigenvalue weighted by Crippen LogP contribution is -2.30. The molecule has 1 aliphatic rings. The lowest BCUT2D eigenvalue weighted by molar-refractivity contribution is 0.128. The van der Waals surface area contributed by atoms with Crippen LogP contribution >= 0.6 is 47.8 Å². The van der Waals surface area contributed by atoms with Gasteiger partial charge in [-0.25, -0.2) is 4.79 Å². The second kappa shape index (κ2) is 10.7. The number of ether oxygens (including phenoxy) is 3. The highest BCUT2D eigenvalue weighted by molar-refractivity contribution is 9.13. The van der Waals surface area contributed by atoms with Crippen molar-refractivity contribution in [1.82, 2.24) is 5.32 Å². The van der Waals surface area contributed by atoms with Crippen molar-refractivity contribution in [3.8, 4) is 22.6 Å². The number of hydrogen-bond donors (Lipinski definition) is 2. The number of carbonyl (C=O) groups is 1. The number of halogens is 3. The third-order valence-corrected chi connectivity index (χ3v) is 8.70. The van der Waals surface area contributed by atoms with Crippen molar-refractivity contribution in [2.45, 2.75) is 12.0 Å². The summed E-state index contributed by atoms with van der Waals surface area (Å²) < 4.78 is 18.1. The Morgan fingerprint density at radius 3 is 2.00 bits per heavy atom. The zero-order valence-corrected chi connectivity index (χ0v) is 23.2. The lowest BCUT2D eigenvalue weighted by atomic mass is 9.98. The maximum Gasteiger partial charge on any atom is 0.407 e. The fraction of sp³-hybridized carbons (Fsp3) is 0.240. The molecule has 0 spiro atoms. The van der Waals surface area contributed by atoms with Gasteiger partial charge in [-0.15, -0.1) is 0 Å². The van der Waals surface area contributed by atoms with Crippen LogP contribution in [0.2, 0.25) is 0 Å². The number of methoxy groups -OCH3 is 2. The largest absolute Gasteiger partial charge is 0.492 e. The highest BCUT2D eigenvalue weighted by Crippen LogP contribution is 2.50. The van der Waals surface area contributed by atoms with Gasteiger partial charge in [0.25, 0.3) is 0 Å². The molecule has 0 aliphatic heterocycles. The molecule has 0 saturated carbocycles. The first-order valence-corrected chi connectivity index (χ1v) is 12.8. The molecule has 4 rings (SSSR count). The SMILES string of the molecule is COc1c(Br)c(Br)c(C(O)CNC(=O)OCC2c3ccccc3-c3ccccc32)c(Br)c1OC. The second-order valence-electron chi connectivity index (χ2n) is 7.64. The van der Waals surface area contributed by atoms with Crippen LogP contribution in [0, 0.1) is 0 Å². The van der Waals surface area contributed by atoms with Gasteiger partial charge in [0, 0.05) is 16.0 Å². The summed E-state index contributed by atoms with van der Waals surface area (Å²) in [6, 6.07) is 16.3. The molecule has 178 valence electrons. The van der Waals surface area contributed by atoms with E-state index >= 15 is 0 Å². The van der Waals surface area contributed by atoms with Gasteiger partial charge < -0.3 is 24.6 Å². The van der Waals surface area contributed by atoms with Crippen molar-refractivity contribution in [1.29, 1.82) is 0 Å². The molecule has 6 nitrogen and oxygen atoms in total. The standard InChI is InChI=1S/C25H22Br3NO5/c1-32-23-21(27)19(20(26)22(28)24(23)33-2)18(30)11-29-25(31)34-12-17-15-9-5-3-7-13(15)14-8-4-6-10-16(14)17/h3-10,17-18,30H,11-12H2,1-2H3,(H,29,31). The molecule has 3 aromatic rings. The summed E-state index contributed by atoms with van der Waals surface area (Å²) in [5.74, 6) is 0.864. The molecule has 1 amide bonds. The molecule has 1 atom stereocenters. The molecule has 34 heavy (non-hydrogen) atoms. The summed E-state index contributed by atoms with van der Waals surface area (Å²) in [4.78, 5) is 12.5. The number of amides is 1. The van der Waals surface area contributed by atoms with Gasteiger partial charge in [-0.1, -0.05) is 48.5 Å². The van der Waals surface area contributed by atoms with Gasteiger partial charge in [0.1, 0.15) is 6.61 Å². The lowest BCUT2D eigenvalue weighted by Gasteiger charge is -2.21. The Morgan fingerprint density at radius 2 is 1.44 bits per heavy atom. The van der Waals surface area contributed by atoms with E-state index in [0.717, 1.165) is 22.3 Å². The number of rotatable bonds is 7. The average molecular weight is 656 g/mol. The minimum Gasteiger partial charge on any atom is -0.492 e. The van der Waals surface area contributed by atoms with Crippen LogP contribution in [-0.2, 0) is 4.74 Å². The maximum atomic E-state index is 12.5. The van der Waals surface area contributed by atoms with Crippen molar-refractivity contribution in [3.05, 3.63) is 78.6 Å². The Bertz CT molecular complexity index is 1190. The zero-order chi connectivity index (χ0) is 24.4. The highest BCUT2D eigenvalue weighted by atomic mass is 79.9. The van der Waals surface area contributed by atoms with E-state index in [2.05, 4.69) is 77.4 Å². The van der Waals surface area contributed by atoms with Gasteiger partial charge >= 0.3 is 6.09 Å². The first-order chi connectivity index (χ1) is 16.4. The molecule has 2 N–H and O–H groups in total. The van der Waals surface area contributed by atoms with Crippen LogP contribution in [0.4, 0.5) is 4.79 Å². The van der Waals surface area contributed by atoms with Crippen LogP contribution in [0.15, 0.2) is 61.9 Å². The van der Waals surface area contributed by atoms with E-state index in [0.29, 0.717) is 30.5 Å². The van der Waals surface area contributed by atoms with E-state index in [-0.39, 0.29) is 19.1 Å². The first kappa shape index (κ1) is 25.0. The number of aliphatic hydroxyl groups is 1. The Morgan fingerprint density at radius 1 is 0.912 bits per heavy atom. The van der Waals surface area contributed by atoms with Crippen LogP contribution in [0.3, 0.4) is 0 Å². The van der Waals surface area contributed by atoms with Crippen LogP contribution in [0.1, 0.15) is 28.7 Å². The Labute approximate surface area is 223 Å². The summed E-state index contributed by atoms with van der Waals surface area (Å²) in [7, 11) is 3.03. The summed E-state index contributed by atoms with van der Waals surface area (Å²) in [6.07, 6.45) is -1.65. The molecular formula is C25H22Br3NO5. The normalized spacial score (nSPS) is 13.1. The number of hydrogen-bond acceptors (Lipinski definition) is 5. The Balaban J connectivity index is 1.43. The van der Waals surface area contributed by atoms with Crippen LogP contribution in [-0.4, -0.2) is 38.6 Å². The maximum absolute atomic E-state index is 12.5. The first-order valence-electron chi connectivity index (χ1n) is 10.4. The van der Waals surface area contributed by atoms with Gasteiger partial charge in [0.2, 0.25) is 0 Å². The molecule has 1 aliphatic carbocycles. The second-order valence-corrected chi connectivity index (χ2v) is 10.0. The fourth-order valence-electron chi connectivity index (χ4n) is 4.22. The number of fused-ring (bicyclic) bond motifs is 3. The minimum atomic E-state index is -1.04. The molecule has 0 fully saturated rings. The molecule has 0 bridgehead atoms. The number of benzene rings is 3. The highest BCUT2D eigenvalue weighted by Gasteiger charge is 2.30. The van der Waals surface area contributed by atoms with Crippen LogP contribution in [0.5, 0.6) is 11.5 Å². The third-order valence-electron chi connectivity index (χ3n) is 5.80. The van der Waals surface area contributed by atoms with Crippen LogP contribution < -0.4 is 14.8 Å². The van der Waals surface area contributed by atoms with E-state index in [1.54, 1.807) is 0 Å². The van der Waals surface area contributed by atoms with Gasteiger partial charge in [-0.2, -0.15) is 0 Å². The smallest absolute Gasteiger partial charge is 0.407 e. The summed E-state index contributed by atoms with van der Waals surface area (Å²) in [5.41, 5.74) is 5.11. The third kappa shape index (κ3) is 4.58. The van der Waals surface area contributed by atoms with Gasteiger partial charge in [0.15, 0.2) is 11.5 Å². The van der Waals surface area contributed by atoms with Crippen molar-refractivity contribution in [2.75, 3.05) is 27.4 Å². The Kier molecular flexibility index (Phi) is 7.87. The van der Waals surface area contributed by atoms with E-state index in [1.165, 1.54) is 14.2 Å². The predicted octanol–water partition coefficient (Wildman–Crippen LogP) is 6.56. The molecule has 3 aromatic carbocycles. The monoisotopic (exact) mass is 653 g/mol. The predicted molar refractivity (Wildman–Crippen MR) is 141 cm³/mol. The van der Waals surface area contributed by atoms with Gasteiger partial charge in [-0.05, 0) is 70.0 Å². The van der Waals surface area contributed by atoms with E-state index in [1.807, 2.05) is 24.3 Å². The number of nitrogens with one attached hydrogen (secondary N) is 1. The molecule has 0 radical (unpaired) electrons. The fourth-order valence-corrected chi connectivity index (χ4v) is 6.49. The van der Waals surface area contributed by atoms with Crippen molar-refractivity contribution < 1.29 is 24.1 Å². The van der Waals surface area contributed by atoms with Crippen molar-refractivity contribution >= 4 is 53.9 Å². The number of aliphatic hydroxyl groups excluding tert-OH is 1. The average Bonchev–Trinajstić information content (AvgIpc) is 3.17. The topological polar surface area (TPSA) is 77.0 Å². The molecule has 9 heteroatoms. The molecule has 0 saturated heterocycles. The summed E-state index contributed by atoms with van der Waals surface area (Å²) in [6.45, 7) is 0.140. The molecule has 0 aromatic heterocycles. The van der Waals surface area contributed by atoms with Crippen molar-refractivity contribution in [3.63, 3.8) is 0 Å². The zero-order valence-electron chi connectivity index (χ0n) is 18.4. The van der Waals surface area contributed by atoms with Crippen molar-refractivity contribution in [2.24, 2.45) is 0 Å². The van der Waals surface area contributed by atoms with E-state index < -0.39 is 12.2 Å². The summed E-state index contributed by atoms with van der Waals surface area (Å²) in [5, 5.41) is 13.5. The summed E-state index contributed by atoms with van der Waals surface area (Å²) >= 11 is 10.4. The quantitative estimate of drug-likeness (QED) is 0.282. The Hall–Kier alpha value is -2.07. The minimum absolute atomic E-state index is 0.0341.